The molecule has 0 aromatic rings. The molecule has 80 valence electrons. The van der Waals surface area contributed by atoms with E-state index in [9.17, 15) is 14.4 Å². The fourth-order valence-corrected chi connectivity index (χ4v) is 0.988. The van der Waals surface area contributed by atoms with Gasteiger partial charge in [0.05, 0.1) is 11.8 Å². The number of hydrogen-bond donors (Lipinski definition) is 3. The van der Waals surface area contributed by atoms with Crippen molar-refractivity contribution in [2.24, 2.45) is 5.41 Å². The van der Waals surface area contributed by atoms with Gasteiger partial charge in [-0.25, -0.2) is 0 Å². The summed E-state index contributed by atoms with van der Waals surface area (Å²) in [5.74, 6) is -3.68. The van der Waals surface area contributed by atoms with Gasteiger partial charge in [-0.2, -0.15) is 0 Å². The lowest BCUT2D eigenvalue weighted by Crippen LogP contribution is -2.31. The van der Waals surface area contributed by atoms with Crippen LogP contribution in [0.3, 0.4) is 0 Å². The Kier molecular flexibility index (Phi) is 4.07. The minimum Gasteiger partial charge on any atom is -0.481 e. The lowest BCUT2D eigenvalue weighted by Gasteiger charge is -2.21. The molecule has 0 spiro atoms. The fraction of sp³-hybridized carbons (Fsp3) is 0.625. The van der Waals surface area contributed by atoms with E-state index >= 15 is 0 Å². The summed E-state index contributed by atoms with van der Waals surface area (Å²) in [6.45, 7) is 1.23. The van der Waals surface area contributed by atoms with E-state index in [2.05, 4.69) is 0 Å². The molecule has 0 heterocycles. The van der Waals surface area contributed by atoms with Gasteiger partial charge in [-0.3, -0.25) is 14.4 Å². The lowest BCUT2D eigenvalue weighted by atomic mass is 9.82. The van der Waals surface area contributed by atoms with Crippen LogP contribution in [0.2, 0.25) is 0 Å². The number of hydrogen-bond acceptors (Lipinski definition) is 3. The first kappa shape index (κ1) is 12.4. The zero-order chi connectivity index (χ0) is 11.4. The van der Waals surface area contributed by atoms with Crippen molar-refractivity contribution in [3.63, 3.8) is 0 Å². The molecule has 0 radical (unpaired) electrons. The van der Waals surface area contributed by atoms with Gasteiger partial charge < -0.3 is 15.3 Å². The molecule has 6 nitrogen and oxygen atoms in total. The minimum absolute atomic E-state index is 0.191. The maximum absolute atomic E-state index is 10.7. The zero-order valence-corrected chi connectivity index (χ0v) is 7.69. The number of rotatable bonds is 6. The molecule has 0 aromatic carbocycles. The maximum Gasteiger partial charge on any atom is 0.309 e. The molecular formula is C8H12O6. The molecule has 14 heavy (non-hydrogen) atoms. The number of carboxylic acid groups (broad SMARTS) is 3. The van der Waals surface area contributed by atoms with Crippen molar-refractivity contribution in [1.29, 1.82) is 0 Å². The first-order valence-corrected chi connectivity index (χ1v) is 3.95. The van der Waals surface area contributed by atoms with Crippen LogP contribution in [-0.2, 0) is 14.4 Å². The second kappa shape index (κ2) is 4.59. The Bertz CT molecular complexity index is 259. The van der Waals surface area contributed by atoms with Gasteiger partial charge in [0.1, 0.15) is 0 Å². The monoisotopic (exact) mass is 204 g/mol. The second-order valence-corrected chi connectivity index (χ2v) is 3.33. The van der Waals surface area contributed by atoms with E-state index in [1.54, 1.807) is 0 Å². The molecule has 0 rings (SSSR count). The molecule has 0 aliphatic carbocycles. The van der Waals surface area contributed by atoms with Crippen LogP contribution in [0.5, 0.6) is 0 Å². The van der Waals surface area contributed by atoms with Crippen molar-refractivity contribution in [1.82, 2.24) is 0 Å². The Morgan fingerprint density at radius 2 is 1.57 bits per heavy atom. The molecule has 0 aliphatic heterocycles. The van der Waals surface area contributed by atoms with Crippen molar-refractivity contribution < 1.29 is 29.7 Å². The third kappa shape index (κ3) is 3.88. The average Bonchev–Trinajstić information content (AvgIpc) is 1.99. The molecule has 0 aliphatic rings. The van der Waals surface area contributed by atoms with E-state index in [0.29, 0.717) is 0 Å². The average molecular weight is 204 g/mol. The SMILES string of the molecule is CC(CCC(=O)O)(CC(=O)O)C(=O)O. The fourth-order valence-electron chi connectivity index (χ4n) is 0.988. The van der Waals surface area contributed by atoms with Crippen LogP contribution in [-0.4, -0.2) is 33.2 Å². The lowest BCUT2D eigenvalue weighted by molar-refractivity contribution is -0.156. The highest BCUT2D eigenvalue weighted by Crippen LogP contribution is 2.27. The summed E-state index contributed by atoms with van der Waals surface area (Å²) in [7, 11) is 0. The quantitative estimate of drug-likeness (QED) is 0.577. The summed E-state index contributed by atoms with van der Waals surface area (Å²) in [6.07, 6.45) is -1.12. The highest BCUT2D eigenvalue weighted by Gasteiger charge is 2.35. The van der Waals surface area contributed by atoms with E-state index in [1.165, 1.54) is 6.92 Å². The maximum atomic E-state index is 10.7. The number of aliphatic carboxylic acids is 3. The van der Waals surface area contributed by atoms with Crippen LogP contribution in [0.15, 0.2) is 0 Å². The van der Waals surface area contributed by atoms with Crippen LogP contribution in [0.4, 0.5) is 0 Å². The van der Waals surface area contributed by atoms with E-state index < -0.39 is 29.7 Å². The van der Waals surface area contributed by atoms with Crippen LogP contribution < -0.4 is 0 Å². The van der Waals surface area contributed by atoms with E-state index in [1.807, 2.05) is 0 Å². The van der Waals surface area contributed by atoms with Crippen LogP contribution in [0, 0.1) is 5.41 Å². The van der Waals surface area contributed by atoms with E-state index in [-0.39, 0.29) is 12.8 Å². The second-order valence-electron chi connectivity index (χ2n) is 3.33. The summed E-state index contributed by atoms with van der Waals surface area (Å²) in [5.41, 5.74) is -1.51. The molecule has 0 bridgehead atoms. The first-order valence-electron chi connectivity index (χ1n) is 3.95. The van der Waals surface area contributed by atoms with Crippen molar-refractivity contribution >= 4 is 17.9 Å². The largest absolute Gasteiger partial charge is 0.481 e. The molecular weight excluding hydrogens is 192 g/mol. The Morgan fingerprint density at radius 3 is 1.86 bits per heavy atom. The molecule has 0 amide bonds. The van der Waals surface area contributed by atoms with Gasteiger partial charge in [-0.15, -0.1) is 0 Å². The van der Waals surface area contributed by atoms with Crippen LogP contribution in [0.25, 0.3) is 0 Å². The topological polar surface area (TPSA) is 112 Å². The predicted octanol–water partition coefficient (Wildman–Crippen LogP) is 0.417. The van der Waals surface area contributed by atoms with Crippen molar-refractivity contribution in [2.45, 2.75) is 26.2 Å². The van der Waals surface area contributed by atoms with Crippen molar-refractivity contribution in [3.05, 3.63) is 0 Å². The third-order valence-electron chi connectivity index (χ3n) is 1.95. The van der Waals surface area contributed by atoms with Crippen molar-refractivity contribution in [2.75, 3.05) is 0 Å². The molecule has 3 N–H and O–H groups in total. The summed E-state index contributed by atoms with van der Waals surface area (Å²) in [5, 5.41) is 25.5. The van der Waals surface area contributed by atoms with Gasteiger partial charge >= 0.3 is 17.9 Å². The Labute approximate surface area is 80.2 Å². The molecule has 0 saturated heterocycles. The smallest absolute Gasteiger partial charge is 0.309 e. The highest BCUT2D eigenvalue weighted by molar-refractivity contribution is 5.81. The highest BCUT2D eigenvalue weighted by atomic mass is 16.4. The standard InChI is InChI=1S/C8H12O6/c1-8(7(13)14,4-6(11)12)3-2-5(9)10/h2-4H2,1H3,(H,9,10)(H,11,12)(H,13,14). The predicted molar refractivity (Wildman–Crippen MR) is 44.9 cm³/mol. The van der Waals surface area contributed by atoms with Crippen molar-refractivity contribution in [3.8, 4) is 0 Å². The number of carboxylic acids is 3. The molecule has 1 atom stereocenters. The number of carbonyl (C=O) groups is 3. The molecule has 0 aromatic heterocycles. The van der Waals surface area contributed by atoms with Gasteiger partial charge in [0.25, 0.3) is 0 Å². The van der Waals surface area contributed by atoms with Crippen LogP contribution in [0.1, 0.15) is 26.2 Å². The molecule has 0 saturated carbocycles. The van der Waals surface area contributed by atoms with Gasteiger partial charge in [0.2, 0.25) is 0 Å². The first-order chi connectivity index (χ1) is 6.28. The summed E-state index contributed by atoms with van der Waals surface area (Å²) >= 11 is 0. The summed E-state index contributed by atoms with van der Waals surface area (Å²) < 4.78 is 0. The van der Waals surface area contributed by atoms with Gasteiger partial charge in [0, 0.05) is 6.42 Å². The molecule has 1 unspecified atom stereocenters. The summed E-state index contributed by atoms with van der Waals surface area (Å²) in [6, 6.07) is 0. The Hall–Kier alpha value is -1.59. The Morgan fingerprint density at radius 1 is 1.07 bits per heavy atom. The van der Waals surface area contributed by atoms with E-state index in [4.69, 9.17) is 15.3 Å². The minimum atomic E-state index is -1.51. The molecule has 6 heteroatoms. The van der Waals surface area contributed by atoms with E-state index in [0.717, 1.165) is 0 Å². The summed E-state index contributed by atoms with van der Waals surface area (Å²) in [4.78, 5) is 31.3. The third-order valence-corrected chi connectivity index (χ3v) is 1.95. The molecule has 0 fully saturated rings. The van der Waals surface area contributed by atoms with Gasteiger partial charge in [-0.1, -0.05) is 0 Å². The normalized spacial score (nSPS) is 14.4. The van der Waals surface area contributed by atoms with Gasteiger partial charge in [0.15, 0.2) is 0 Å². The zero-order valence-electron chi connectivity index (χ0n) is 7.69. The van der Waals surface area contributed by atoms with Gasteiger partial charge in [-0.05, 0) is 13.3 Å². The van der Waals surface area contributed by atoms with Crippen LogP contribution >= 0.6 is 0 Å². The Balaban J connectivity index is 4.47.